The molecule has 0 saturated carbocycles. The second-order valence-electron chi connectivity index (χ2n) is 5.48. The summed E-state index contributed by atoms with van der Waals surface area (Å²) in [5.41, 5.74) is 0.359. The van der Waals surface area contributed by atoms with Gasteiger partial charge in [-0.15, -0.1) is 0 Å². The molecule has 1 fully saturated rings. The van der Waals surface area contributed by atoms with E-state index >= 15 is 0 Å². The maximum Gasteiger partial charge on any atom is 0.246 e. The average Bonchev–Trinajstić information content (AvgIpc) is 2.48. The van der Waals surface area contributed by atoms with Crippen LogP contribution in [0.4, 0.5) is 4.39 Å². The van der Waals surface area contributed by atoms with Crippen LogP contribution >= 0.6 is 0 Å². The van der Waals surface area contributed by atoms with Gasteiger partial charge in [0.2, 0.25) is 10.0 Å². The molecule has 1 aromatic carbocycles. The van der Waals surface area contributed by atoms with Crippen LogP contribution in [0.25, 0.3) is 0 Å². The molecular weight excluding hydrogens is 291 g/mol. The monoisotopic (exact) mass is 314 g/mol. The van der Waals surface area contributed by atoms with Crippen molar-refractivity contribution in [3.05, 3.63) is 29.6 Å². The number of hydrogen-bond acceptors (Lipinski definition) is 3. The Balaban J connectivity index is 2.39. The molecular formula is C15H23FN2O2S. The van der Waals surface area contributed by atoms with Gasteiger partial charge < -0.3 is 5.32 Å². The van der Waals surface area contributed by atoms with Crippen LogP contribution in [0.2, 0.25) is 0 Å². The highest BCUT2D eigenvalue weighted by Crippen LogP contribution is 2.26. The Labute approximate surface area is 126 Å². The third kappa shape index (κ3) is 3.44. The van der Waals surface area contributed by atoms with E-state index in [0.717, 1.165) is 32.4 Å². The zero-order valence-corrected chi connectivity index (χ0v) is 13.4. The molecule has 1 aliphatic rings. The predicted octanol–water partition coefficient (Wildman–Crippen LogP) is 2.29. The summed E-state index contributed by atoms with van der Waals surface area (Å²) in [5.74, 6) is -0.632. The number of nitrogens with zero attached hydrogens (tertiary/aromatic N) is 1. The van der Waals surface area contributed by atoms with Crippen LogP contribution in [0, 0.1) is 12.7 Å². The third-order valence-electron chi connectivity index (χ3n) is 3.90. The van der Waals surface area contributed by atoms with Gasteiger partial charge in [0.1, 0.15) is 10.7 Å². The molecule has 0 aromatic heterocycles. The number of halogens is 1. The number of piperidine rings is 1. The van der Waals surface area contributed by atoms with Gasteiger partial charge in [-0.1, -0.05) is 19.1 Å². The Morgan fingerprint density at radius 2 is 2.00 bits per heavy atom. The SMILES string of the molecule is CCCN(C1CCNCC1)S(=O)(=O)c1cccc(C)c1F. The van der Waals surface area contributed by atoms with Crippen LogP contribution in [-0.4, -0.2) is 38.4 Å². The minimum Gasteiger partial charge on any atom is -0.317 e. The molecule has 0 bridgehead atoms. The molecule has 1 aromatic rings. The first-order valence-electron chi connectivity index (χ1n) is 7.46. The van der Waals surface area contributed by atoms with E-state index in [0.29, 0.717) is 12.1 Å². The third-order valence-corrected chi connectivity index (χ3v) is 5.87. The Bertz CT molecular complexity index is 583. The Hall–Kier alpha value is -0.980. The number of sulfonamides is 1. The van der Waals surface area contributed by atoms with Gasteiger partial charge in [-0.25, -0.2) is 12.8 Å². The van der Waals surface area contributed by atoms with Crippen LogP contribution in [-0.2, 0) is 10.0 Å². The maximum absolute atomic E-state index is 14.2. The van der Waals surface area contributed by atoms with Crippen LogP contribution in [0.15, 0.2) is 23.1 Å². The Morgan fingerprint density at radius 1 is 1.33 bits per heavy atom. The van der Waals surface area contributed by atoms with E-state index in [2.05, 4.69) is 5.32 Å². The molecule has 0 atom stereocenters. The van der Waals surface area contributed by atoms with Crippen LogP contribution in [0.1, 0.15) is 31.7 Å². The van der Waals surface area contributed by atoms with E-state index in [-0.39, 0.29) is 10.9 Å². The first-order valence-corrected chi connectivity index (χ1v) is 8.90. The van der Waals surface area contributed by atoms with E-state index in [4.69, 9.17) is 0 Å². The van der Waals surface area contributed by atoms with Crippen molar-refractivity contribution in [1.29, 1.82) is 0 Å². The summed E-state index contributed by atoms with van der Waals surface area (Å²) < 4.78 is 41.5. The van der Waals surface area contributed by atoms with Crippen LogP contribution in [0.5, 0.6) is 0 Å². The van der Waals surface area contributed by atoms with Crippen molar-refractivity contribution in [2.75, 3.05) is 19.6 Å². The first kappa shape index (κ1) is 16.4. The molecule has 0 unspecified atom stereocenters. The molecule has 1 aliphatic heterocycles. The predicted molar refractivity (Wildman–Crippen MR) is 81.2 cm³/mol. The van der Waals surface area contributed by atoms with Crippen molar-refractivity contribution in [2.45, 2.75) is 44.0 Å². The van der Waals surface area contributed by atoms with Crippen molar-refractivity contribution < 1.29 is 12.8 Å². The molecule has 6 heteroatoms. The minimum atomic E-state index is -3.79. The van der Waals surface area contributed by atoms with E-state index in [1.165, 1.54) is 10.4 Å². The lowest BCUT2D eigenvalue weighted by Gasteiger charge is -2.33. The second-order valence-corrected chi connectivity index (χ2v) is 7.34. The lowest BCUT2D eigenvalue weighted by molar-refractivity contribution is 0.261. The molecule has 21 heavy (non-hydrogen) atoms. The summed E-state index contributed by atoms with van der Waals surface area (Å²) >= 11 is 0. The van der Waals surface area contributed by atoms with Crippen LogP contribution in [0.3, 0.4) is 0 Å². The first-order chi connectivity index (χ1) is 9.98. The molecule has 1 N–H and O–H groups in total. The van der Waals surface area contributed by atoms with Crippen LogP contribution < -0.4 is 5.32 Å². The highest BCUT2D eigenvalue weighted by molar-refractivity contribution is 7.89. The van der Waals surface area contributed by atoms with Gasteiger partial charge in [-0.05, 0) is 50.9 Å². The lowest BCUT2D eigenvalue weighted by Crippen LogP contribution is -2.46. The van der Waals surface area contributed by atoms with Crippen molar-refractivity contribution in [2.24, 2.45) is 0 Å². The number of aryl methyl sites for hydroxylation is 1. The minimum absolute atomic E-state index is 0.0453. The molecule has 0 radical (unpaired) electrons. The number of benzene rings is 1. The highest BCUT2D eigenvalue weighted by Gasteiger charge is 2.33. The normalized spacial score (nSPS) is 17.3. The zero-order chi connectivity index (χ0) is 15.5. The Morgan fingerprint density at radius 3 is 2.62 bits per heavy atom. The highest BCUT2D eigenvalue weighted by atomic mass is 32.2. The summed E-state index contributed by atoms with van der Waals surface area (Å²) in [5, 5.41) is 3.23. The summed E-state index contributed by atoms with van der Waals surface area (Å²) in [6, 6.07) is 4.50. The summed E-state index contributed by atoms with van der Waals surface area (Å²) in [4.78, 5) is -0.200. The molecule has 0 aliphatic carbocycles. The topological polar surface area (TPSA) is 49.4 Å². The molecule has 0 spiro atoms. The average molecular weight is 314 g/mol. The van der Waals surface area contributed by atoms with Crippen molar-refractivity contribution in [3.8, 4) is 0 Å². The lowest BCUT2D eigenvalue weighted by atomic mass is 10.1. The smallest absolute Gasteiger partial charge is 0.246 e. The van der Waals surface area contributed by atoms with E-state index < -0.39 is 15.8 Å². The molecule has 118 valence electrons. The Kier molecular flexibility index (Phi) is 5.35. The summed E-state index contributed by atoms with van der Waals surface area (Å²) in [7, 11) is -3.79. The molecule has 4 nitrogen and oxygen atoms in total. The van der Waals surface area contributed by atoms with E-state index in [1.807, 2.05) is 6.92 Å². The molecule has 1 heterocycles. The second kappa shape index (κ2) is 6.85. The number of rotatable bonds is 5. The number of hydrogen-bond donors (Lipinski definition) is 1. The van der Waals surface area contributed by atoms with Gasteiger partial charge in [0, 0.05) is 12.6 Å². The van der Waals surface area contributed by atoms with E-state index in [9.17, 15) is 12.8 Å². The fourth-order valence-electron chi connectivity index (χ4n) is 2.76. The molecule has 0 amide bonds. The van der Waals surface area contributed by atoms with Gasteiger partial charge >= 0.3 is 0 Å². The quantitative estimate of drug-likeness (QED) is 0.907. The van der Waals surface area contributed by atoms with Gasteiger partial charge in [0.25, 0.3) is 0 Å². The number of nitrogens with one attached hydrogen (secondary N) is 1. The maximum atomic E-state index is 14.2. The van der Waals surface area contributed by atoms with Crippen molar-refractivity contribution in [1.82, 2.24) is 9.62 Å². The summed E-state index contributed by atoms with van der Waals surface area (Å²) in [6.45, 7) is 5.56. The van der Waals surface area contributed by atoms with E-state index in [1.54, 1.807) is 19.1 Å². The van der Waals surface area contributed by atoms with Gasteiger partial charge in [0.05, 0.1) is 0 Å². The standard InChI is InChI=1S/C15H23FN2O2S/c1-3-11-18(13-7-9-17-10-8-13)21(19,20)14-6-4-5-12(2)15(14)16/h4-6,13,17H,3,7-11H2,1-2H3. The molecule has 2 rings (SSSR count). The van der Waals surface area contributed by atoms with Crippen molar-refractivity contribution in [3.63, 3.8) is 0 Å². The molecule has 1 saturated heterocycles. The fraction of sp³-hybridized carbons (Fsp3) is 0.600. The van der Waals surface area contributed by atoms with Crippen molar-refractivity contribution >= 4 is 10.0 Å². The van der Waals surface area contributed by atoms with Gasteiger partial charge in [-0.2, -0.15) is 4.31 Å². The van der Waals surface area contributed by atoms with Gasteiger partial charge in [0.15, 0.2) is 0 Å². The summed E-state index contributed by atoms with van der Waals surface area (Å²) in [6.07, 6.45) is 2.26. The fourth-order valence-corrected chi connectivity index (χ4v) is 4.68. The van der Waals surface area contributed by atoms with Gasteiger partial charge in [-0.3, -0.25) is 0 Å². The zero-order valence-electron chi connectivity index (χ0n) is 12.6. The largest absolute Gasteiger partial charge is 0.317 e.